The number of halogens is 3. The van der Waals surface area contributed by atoms with Crippen molar-refractivity contribution in [3.8, 4) is 0 Å². The molecule has 2 aromatic carbocycles. The minimum Gasteiger partial charge on any atom is -0.289 e. The Morgan fingerprint density at radius 3 is 2.28 bits per heavy atom. The third-order valence-corrected chi connectivity index (χ3v) is 3.58. The summed E-state index contributed by atoms with van der Waals surface area (Å²) < 4.78 is 0. The van der Waals surface area contributed by atoms with Crippen molar-refractivity contribution in [3.63, 3.8) is 0 Å². The predicted molar refractivity (Wildman–Crippen MR) is 76.1 cm³/mol. The van der Waals surface area contributed by atoms with Crippen LogP contribution in [0.4, 0.5) is 0 Å². The van der Waals surface area contributed by atoms with Crippen LogP contribution >= 0.6 is 34.8 Å². The van der Waals surface area contributed by atoms with Gasteiger partial charge in [-0.25, -0.2) is 0 Å². The highest BCUT2D eigenvalue weighted by Gasteiger charge is 2.14. The molecule has 0 amide bonds. The Hall–Kier alpha value is -1.02. The number of carbonyl (C=O) groups is 1. The number of benzene rings is 2. The monoisotopic (exact) mass is 298 g/mol. The lowest BCUT2D eigenvalue weighted by molar-refractivity contribution is 0.103. The molecule has 0 fully saturated rings. The van der Waals surface area contributed by atoms with Crippen molar-refractivity contribution < 1.29 is 4.79 Å². The normalized spacial score (nSPS) is 10.4. The number of rotatable bonds is 2. The van der Waals surface area contributed by atoms with Crippen LogP contribution < -0.4 is 0 Å². The maximum Gasteiger partial charge on any atom is 0.194 e. The van der Waals surface area contributed by atoms with Crippen LogP contribution in [0.3, 0.4) is 0 Å². The SMILES string of the molecule is Cc1cc(C(=O)c2cc(Cl)ccc2Cl)ccc1Cl. The summed E-state index contributed by atoms with van der Waals surface area (Å²) >= 11 is 17.8. The van der Waals surface area contributed by atoms with E-state index in [1.807, 2.05) is 6.92 Å². The van der Waals surface area contributed by atoms with Gasteiger partial charge in [0.25, 0.3) is 0 Å². The molecule has 0 aromatic heterocycles. The first-order valence-corrected chi connectivity index (χ1v) is 6.38. The molecule has 0 aliphatic carbocycles. The number of aryl methyl sites for hydroxylation is 1. The van der Waals surface area contributed by atoms with Crippen LogP contribution in [0.1, 0.15) is 21.5 Å². The van der Waals surface area contributed by atoms with E-state index in [-0.39, 0.29) is 5.78 Å². The van der Waals surface area contributed by atoms with E-state index in [1.54, 1.807) is 36.4 Å². The van der Waals surface area contributed by atoms with E-state index in [0.717, 1.165) is 5.56 Å². The molecule has 2 rings (SSSR count). The number of ketones is 1. The van der Waals surface area contributed by atoms with Gasteiger partial charge in [-0.3, -0.25) is 4.79 Å². The molecule has 0 N–H and O–H groups in total. The lowest BCUT2D eigenvalue weighted by Crippen LogP contribution is -2.02. The molecule has 0 aliphatic rings. The largest absolute Gasteiger partial charge is 0.289 e. The summed E-state index contributed by atoms with van der Waals surface area (Å²) in [6.45, 7) is 1.85. The highest BCUT2D eigenvalue weighted by Crippen LogP contribution is 2.25. The first-order valence-electron chi connectivity index (χ1n) is 5.25. The van der Waals surface area contributed by atoms with Gasteiger partial charge in [0.1, 0.15) is 0 Å². The first kappa shape index (κ1) is 13.4. The van der Waals surface area contributed by atoms with Crippen LogP contribution in [0.5, 0.6) is 0 Å². The van der Waals surface area contributed by atoms with E-state index < -0.39 is 0 Å². The molecule has 0 saturated heterocycles. The molecule has 0 radical (unpaired) electrons. The first-order chi connectivity index (χ1) is 8.49. The van der Waals surface area contributed by atoms with E-state index in [1.165, 1.54) is 0 Å². The topological polar surface area (TPSA) is 17.1 Å². The Bertz CT molecular complexity index is 620. The molecule has 2 aromatic rings. The highest BCUT2D eigenvalue weighted by molar-refractivity contribution is 6.37. The third-order valence-electron chi connectivity index (χ3n) is 2.59. The van der Waals surface area contributed by atoms with Gasteiger partial charge in [0.15, 0.2) is 5.78 Å². The lowest BCUT2D eigenvalue weighted by Gasteiger charge is -2.06. The van der Waals surface area contributed by atoms with Gasteiger partial charge < -0.3 is 0 Å². The van der Waals surface area contributed by atoms with Gasteiger partial charge in [-0.2, -0.15) is 0 Å². The molecule has 1 nitrogen and oxygen atoms in total. The molecular weight excluding hydrogens is 291 g/mol. The molecule has 0 bridgehead atoms. The zero-order valence-corrected chi connectivity index (χ0v) is 11.8. The molecular formula is C14H9Cl3O. The molecule has 4 heteroatoms. The summed E-state index contributed by atoms with van der Waals surface area (Å²) in [5, 5.41) is 1.49. The van der Waals surface area contributed by atoms with Gasteiger partial charge in [-0.05, 0) is 48.9 Å². The Morgan fingerprint density at radius 2 is 1.61 bits per heavy atom. The maximum absolute atomic E-state index is 12.3. The Kier molecular flexibility index (Phi) is 3.96. The van der Waals surface area contributed by atoms with Gasteiger partial charge in [0, 0.05) is 21.2 Å². The Morgan fingerprint density at radius 1 is 0.944 bits per heavy atom. The van der Waals surface area contributed by atoms with Gasteiger partial charge in [0.2, 0.25) is 0 Å². The molecule has 0 spiro atoms. The average molecular weight is 300 g/mol. The van der Waals surface area contributed by atoms with Crippen molar-refractivity contribution in [2.75, 3.05) is 0 Å². The summed E-state index contributed by atoms with van der Waals surface area (Å²) in [6, 6.07) is 9.93. The third kappa shape index (κ3) is 2.69. The summed E-state index contributed by atoms with van der Waals surface area (Å²) in [7, 11) is 0. The Labute approximate surface area is 120 Å². The van der Waals surface area contributed by atoms with Crippen LogP contribution in [0.15, 0.2) is 36.4 Å². The molecule has 0 aliphatic heterocycles. The van der Waals surface area contributed by atoms with Crippen LogP contribution in [0.25, 0.3) is 0 Å². The fourth-order valence-corrected chi connectivity index (χ4v) is 2.11. The predicted octanol–water partition coefficient (Wildman–Crippen LogP) is 5.19. The summed E-state index contributed by atoms with van der Waals surface area (Å²) in [5.74, 6) is -0.165. The molecule has 18 heavy (non-hydrogen) atoms. The second-order valence-corrected chi connectivity index (χ2v) is 5.17. The van der Waals surface area contributed by atoms with E-state index in [9.17, 15) is 4.79 Å². The molecule has 0 atom stereocenters. The van der Waals surface area contributed by atoms with Crippen LogP contribution in [0, 0.1) is 6.92 Å². The van der Waals surface area contributed by atoms with Crippen molar-refractivity contribution in [1.29, 1.82) is 0 Å². The molecule has 0 unspecified atom stereocenters. The summed E-state index contributed by atoms with van der Waals surface area (Å²) in [6.07, 6.45) is 0. The minimum atomic E-state index is -0.165. The van der Waals surface area contributed by atoms with E-state index in [2.05, 4.69) is 0 Å². The highest BCUT2D eigenvalue weighted by atomic mass is 35.5. The second-order valence-electron chi connectivity index (χ2n) is 3.92. The van der Waals surface area contributed by atoms with Gasteiger partial charge >= 0.3 is 0 Å². The van der Waals surface area contributed by atoms with Crippen LogP contribution in [-0.2, 0) is 0 Å². The lowest BCUT2D eigenvalue weighted by atomic mass is 10.0. The average Bonchev–Trinajstić information content (AvgIpc) is 2.35. The molecule has 0 heterocycles. The standard InChI is InChI=1S/C14H9Cl3O/c1-8-6-9(2-4-12(8)16)14(18)11-7-10(15)3-5-13(11)17/h2-7H,1H3. The molecule has 0 saturated carbocycles. The van der Waals surface area contributed by atoms with Crippen molar-refractivity contribution in [3.05, 3.63) is 68.2 Å². The number of carbonyl (C=O) groups excluding carboxylic acids is 1. The smallest absolute Gasteiger partial charge is 0.194 e. The van der Waals surface area contributed by atoms with Crippen molar-refractivity contribution in [2.45, 2.75) is 6.92 Å². The van der Waals surface area contributed by atoms with E-state index in [0.29, 0.717) is 26.2 Å². The summed E-state index contributed by atoms with van der Waals surface area (Å²) in [5.41, 5.74) is 1.78. The van der Waals surface area contributed by atoms with Crippen molar-refractivity contribution in [1.82, 2.24) is 0 Å². The Balaban J connectivity index is 2.47. The fraction of sp³-hybridized carbons (Fsp3) is 0.0714. The minimum absolute atomic E-state index is 0.165. The molecule has 92 valence electrons. The maximum atomic E-state index is 12.3. The quantitative estimate of drug-likeness (QED) is 0.698. The van der Waals surface area contributed by atoms with Crippen molar-refractivity contribution >= 4 is 40.6 Å². The van der Waals surface area contributed by atoms with Gasteiger partial charge in [-0.1, -0.05) is 34.8 Å². The second kappa shape index (κ2) is 5.31. The number of hydrogen-bond donors (Lipinski definition) is 0. The van der Waals surface area contributed by atoms with Crippen LogP contribution in [0.2, 0.25) is 15.1 Å². The van der Waals surface area contributed by atoms with Gasteiger partial charge in [0.05, 0.1) is 5.02 Å². The van der Waals surface area contributed by atoms with Crippen molar-refractivity contribution in [2.24, 2.45) is 0 Å². The summed E-state index contributed by atoms with van der Waals surface area (Å²) in [4.78, 5) is 12.3. The van der Waals surface area contributed by atoms with Crippen LogP contribution in [-0.4, -0.2) is 5.78 Å². The fourth-order valence-electron chi connectivity index (χ4n) is 1.61. The zero-order valence-electron chi connectivity index (χ0n) is 9.51. The van der Waals surface area contributed by atoms with E-state index >= 15 is 0 Å². The number of hydrogen-bond acceptors (Lipinski definition) is 1. The zero-order chi connectivity index (χ0) is 13.3. The van der Waals surface area contributed by atoms with Gasteiger partial charge in [-0.15, -0.1) is 0 Å². The van der Waals surface area contributed by atoms with E-state index in [4.69, 9.17) is 34.8 Å².